The molecule has 0 atom stereocenters. The normalized spacial score (nSPS) is 10.9. The van der Waals surface area contributed by atoms with E-state index in [0.29, 0.717) is 6.42 Å². The maximum absolute atomic E-state index is 12.0. The summed E-state index contributed by atoms with van der Waals surface area (Å²) in [5.74, 6) is -1.64. The summed E-state index contributed by atoms with van der Waals surface area (Å²) in [4.78, 5) is 34.9. The third kappa shape index (κ3) is 7.97. The highest BCUT2D eigenvalue weighted by Crippen LogP contribution is 2.13. The molecule has 0 radical (unpaired) electrons. The van der Waals surface area contributed by atoms with Gasteiger partial charge in [0.2, 0.25) is 10.0 Å². The second-order valence-electron chi connectivity index (χ2n) is 5.75. The van der Waals surface area contributed by atoms with Gasteiger partial charge in [-0.25, -0.2) is 18.0 Å². The molecule has 0 heterocycles. The van der Waals surface area contributed by atoms with Crippen molar-refractivity contribution in [1.82, 2.24) is 10.6 Å². The smallest absolute Gasteiger partial charge is 0.338 e. The molecule has 26 heavy (non-hydrogen) atoms. The van der Waals surface area contributed by atoms with Gasteiger partial charge in [-0.2, -0.15) is 0 Å². The maximum atomic E-state index is 12.0. The second kappa shape index (κ2) is 9.76. The van der Waals surface area contributed by atoms with Crippen molar-refractivity contribution < 1.29 is 27.5 Å². The Balaban J connectivity index is 2.61. The minimum atomic E-state index is -3.49. The topological polar surface area (TPSA) is 131 Å². The summed E-state index contributed by atoms with van der Waals surface area (Å²) in [5, 5.41) is 4.47. The Morgan fingerprint density at radius 3 is 2.50 bits per heavy atom. The minimum absolute atomic E-state index is 0.0414. The Morgan fingerprint density at radius 2 is 1.88 bits per heavy atom. The molecule has 0 aliphatic heterocycles. The number of amides is 3. The lowest BCUT2D eigenvalue weighted by molar-refractivity contribution is -0.123. The number of carbonyl (C=O) groups excluding carboxylic acids is 3. The number of anilines is 1. The van der Waals surface area contributed by atoms with Gasteiger partial charge < -0.3 is 10.1 Å². The van der Waals surface area contributed by atoms with Crippen LogP contribution >= 0.6 is 0 Å². The van der Waals surface area contributed by atoms with E-state index in [9.17, 15) is 22.8 Å². The highest BCUT2D eigenvalue weighted by atomic mass is 32.2. The molecule has 144 valence electrons. The van der Waals surface area contributed by atoms with Crippen LogP contribution in [0.4, 0.5) is 10.5 Å². The Hall–Kier alpha value is -2.62. The summed E-state index contributed by atoms with van der Waals surface area (Å²) >= 11 is 0. The van der Waals surface area contributed by atoms with Crippen LogP contribution in [0.25, 0.3) is 0 Å². The number of esters is 1. The van der Waals surface area contributed by atoms with Gasteiger partial charge in [0.15, 0.2) is 6.61 Å². The van der Waals surface area contributed by atoms with Crippen LogP contribution < -0.4 is 15.4 Å². The lowest BCUT2D eigenvalue weighted by atomic mass is 10.2. The van der Waals surface area contributed by atoms with Gasteiger partial charge in [0, 0.05) is 11.7 Å². The van der Waals surface area contributed by atoms with Crippen LogP contribution in [0, 0.1) is 0 Å². The molecule has 0 saturated heterocycles. The number of imide groups is 1. The van der Waals surface area contributed by atoms with Crippen LogP contribution in [0.1, 0.15) is 37.6 Å². The van der Waals surface area contributed by atoms with Crippen molar-refractivity contribution >= 4 is 33.6 Å². The fourth-order valence-electron chi connectivity index (χ4n) is 1.88. The number of ether oxygens (including phenoxy) is 1. The molecule has 0 spiro atoms. The Labute approximate surface area is 152 Å². The van der Waals surface area contributed by atoms with Gasteiger partial charge in [-0.1, -0.05) is 13.0 Å². The van der Waals surface area contributed by atoms with E-state index >= 15 is 0 Å². The molecule has 0 aliphatic rings. The summed E-state index contributed by atoms with van der Waals surface area (Å²) in [5.41, 5.74) is 0.287. The molecule has 1 aromatic carbocycles. The predicted molar refractivity (Wildman–Crippen MR) is 96.2 cm³/mol. The lowest BCUT2D eigenvalue weighted by Gasteiger charge is -2.10. The van der Waals surface area contributed by atoms with Gasteiger partial charge in [-0.3, -0.25) is 14.8 Å². The quantitative estimate of drug-likeness (QED) is 0.577. The van der Waals surface area contributed by atoms with Crippen molar-refractivity contribution in [1.29, 1.82) is 0 Å². The zero-order chi connectivity index (χ0) is 19.7. The first kappa shape index (κ1) is 21.4. The van der Waals surface area contributed by atoms with Gasteiger partial charge in [-0.15, -0.1) is 0 Å². The van der Waals surface area contributed by atoms with Crippen LogP contribution in [0.2, 0.25) is 0 Å². The van der Waals surface area contributed by atoms with Crippen LogP contribution in [-0.2, 0) is 19.6 Å². The van der Waals surface area contributed by atoms with Crippen LogP contribution in [0.15, 0.2) is 24.3 Å². The molecule has 3 N–H and O–H groups in total. The maximum Gasteiger partial charge on any atom is 0.338 e. The van der Waals surface area contributed by atoms with Crippen molar-refractivity contribution in [2.45, 2.75) is 33.2 Å². The fourth-order valence-corrected chi connectivity index (χ4v) is 3.01. The average Bonchev–Trinajstić information content (AvgIpc) is 2.51. The van der Waals surface area contributed by atoms with Gasteiger partial charge >= 0.3 is 12.0 Å². The SMILES string of the molecule is CCCS(=O)(=O)Nc1cccc(C(=O)OCC(=O)NC(=O)NC(C)C)c1. The van der Waals surface area contributed by atoms with E-state index in [1.165, 1.54) is 24.3 Å². The van der Waals surface area contributed by atoms with Crippen molar-refractivity contribution in [3.63, 3.8) is 0 Å². The molecule has 0 saturated carbocycles. The highest BCUT2D eigenvalue weighted by molar-refractivity contribution is 7.92. The summed E-state index contributed by atoms with van der Waals surface area (Å²) in [6, 6.07) is 4.86. The first-order chi connectivity index (χ1) is 12.1. The van der Waals surface area contributed by atoms with Gasteiger partial charge in [-0.05, 0) is 38.5 Å². The number of carbonyl (C=O) groups is 3. The molecular weight excluding hydrogens is 362 g/mol. The van der Waals surface area contributed by atoms with Gasteiger partial charge in [0.05, 0.1) is 11.3 Å². The van der Waals surface area contributed by atoms with Crippen molar-refractivity contribution in [2.24, 2.45) is 0 Å². The molecule has 0 unspecified atom stereocenters. The molecule has 9 nitrogen and oxygen atoms in total. The first-order valence-corrected chi connectivity index (χ1v) is 9.66. The average molecular weight is 385 g/mol. The molecule has 10 heteroatoms. The van der Waals surface area contributed by atoms with Crippen molar-refractivity contribution in [2.75, 3.05) is 17.1 Å². The number of sulfonamides is 1. The monoisotopic (exact) mass is 385 g/mol. The lowest BCUT2D eigenvalue weighted by Crippen LogP contribution is -2.44. The molecule has 3 amide bonds. The number of rotatable bonds is 8. The third-order valence-electron chi connectivity index (χ3n) is 2.85. The number of hydrogen-bond acceptors (Lipinski definition) is 6. The standard InChI is InChI=1S/C16H23N3O6S/c1-4-8-26(23,24)19-13-7-5-6-12(9-13)15(21)25-10-14(20)18-16(22)17-11(2)3/h5-7,9,11,19H,4,8,10H2,1-3H3,(H2,17,18,20,22). The minimum Gasteiger partial charge on any atom is -0.452 e. The number of benzene rings is 1. The van der Waals surface area contributed by atoms with Crippen molar-refractivity contribution in [3.05, 3.63) is 29.8 Å². The largest absolute Gasteiger partial charge is 0.452 e. The molecule has 0 aliphatic carbocycles. The Kier molecular flexibility index (Phi) is 8.04. The first-order valence-electron chi connectivity index (χ1n) is 8.01. The van der Waals surface area contributed by atoms with E-state index in [1.807, 2.05) is 5.32 Å². The van der Waals surface area contributed by atoms with Crippen LogP contribution in [-0.4, -0.2) is 44.7 Å². The molecule has 0 fully saturated rings. The van der Waals surface area contributed by atoms with Gasteiger partial charge in [0.25, 0.3) is 5.91 Å². The summed E-state index contributed by atoms with van der Waals surface area (Å²) in [7, 11) is -3.49. The van der Waals surface area contributed by atoms with E-state index in [4.69, 9.17) is 4.74 Å². The molecular formula is C16H23N3O6S. The zero-order valence-electron chi connectivity index (χ0n) is 14.9. The van der Waals surface area contributed by atoms with E-state index in [1.54, 1.807) is 20.8 Å². The Bertz CT molecular complexity index is 761. The Morgan fingerprint density at radius 1 is 1.19 bits per heavy atom. The van der Waals surface area contributed by atoms with E-state index < -0.39 is 34.5 Å². The van der Waals surface area contributed by atoms with Crippen molar-refractivity contribution in [3.8, 4) is 0 Å². The number of nitrogens with one attached hydrogen (secondary N) is 3. The molecule has 0 aromatic heterocycles. The number of urea groups is 1. The van der Waals surface area contributed by atoms with E-state index in [0.717, 1.165) is 0 Å². The summed E-state index contributed by atoms with van der Waals surface area (Å²) in [6.45, 7) is 4.55. The third-order valence-corrected chi connectivity index (χ3v) is 4.34. The molecule has 1 aromatic rings. The van der Waals surface area contributed by atoms with E-state index in [-0.39, 0.29) is 23.0 Å². The predicted octanol–water partition coefficient (Wildman–Crippen LogP) is 1.23. The highest BCUT2D eigenvalue weighted by Gasteiger charge is 2.14. The summed E-state index contributed by atoms with van der Waals surface area (Å²) < 4.78 is 30.7. The van der Waals surface area contributed by atoms with E-state index in [2.05, 4.69) is 10.0 Å². The molecule has 0 bridgehead atoms. The summed E-state index contributed by atoms with van der Waals surface area (Å²) in [6.07, 6.45) is 0.455. The fraction of sp³-hybridized carbons (Fsp3) is 0.438. The molecule has 1 rings (SSSR count). The van der Waals surface area contributed by atoms with Crippen LogP contribution in [0.5, 0.6) is 0 Å². The van der Waals surface area contributed by atoms with Crippen LogP contribution in [0.3, 0.4) is 0 Å². The van der Waals surface area contributed by atoms with Gasteiger partial charge in [0.1, 0.15) is 0 Å². The zero-order valence-corrected chi connectivity index (χ0v) is 15.7. The second-order valence-corrected chi connectivity index (χ2v) is 7.60. The number of hydrogen-bond donors (Lipinski definition) is 3.